The Labute approximate surface area is 467 Å². The van der Waals surface area contributed by atoms with Crippen LogP contribution in [0.2, 0.25) is 0 Å². The van der Waals surface area contributed by atoms with Crippen LogP contribution in [0.3, 0.4) is 0 Å². The topological polar surface area (TPSA) is 99.1 Å². The molecular weight excluding hydrogens is 1150 g/mol. The molecule has 0 amide bonds. The molecule has 8 heteroatoms. The molecule has 5 heterocycles. The van der Waals surface area contributed by atoms with E-state index in [2.05, 4.69) is 162 Å². The zero-order valence-corrected chi connectivity index (χ0v) is 44.3. The summed E-state index contributed by atoms with van der Waals surface area (Å²) in [6, 6.07) is 85.9. The van der Waals surface area contributed by atoms with Crippen LogP contribution in [0.5, 0.6) is 0 Å². The molecule has 0 N–H and O–H groups in total. The minimum absolute atomic E-state index is 0. The van der Waals surface area contributed by atoms with Crippen LogP contribution in [0.1, 0.15) is 0 Å². The molecule has 0 aliphatic carbocycles. The van der Waals surface area contributed by atoms with Gasteiger partial charge in [0.05, 0.1) is 0 Å². The van der Waals surface area contributed by atoms with Crippen molar-refractivity contribution in [3.8, 4) is 100 Å². The van der Waals surface area contributed by atoms with Gasteiger partial charge in [-0.3, -0.25) is 9.59 Å². The van der Waals surface area contributed by atoms with Crippen LogP contribution in [-0.4, -0.2) is 15.0 Å². The Morgan fingerprint density at radius 3 is 1.22 bits per heavy atom. The van der Waals surface area contributed by atoms with Crippen molar-refractivity contribution in [2.24, 2.45) is 0 Å². The minimum atomic E-state index is -0.452. The molecule has 79 heavy (non-hydrogen) atoms. The number of benzene rings is 9. The molecule has 0 aliphatic rings. The average Bonchev–Trinajstić information content (AvgIpc) is 3.54. The summed E-state index contributed by atoms with van der Waals surface area (Å²) in [4.78, 5) is 40.9. The Balaban J connectivity index is 0.00000591. The van der Waals surface area contributed by atoms with Gasteiger partial charge in [-0.05, 0) is 121 Å². The molecule has 14 rings (SSSR count). The van der Waals surface area contributed by atoms with Crippen molar-refractivity contribution in [1.82, 2.24) is 15.0 Å². The molecule has 9 aromatic carbocycles. The Kier molecular flexibility index (Phi) is 12.6. The van der Waals surface area contributed by atoms with E-state index in [1.165, 1.54) is 11.1 Å². The van der Waals surface area contributed by atoms with Crippen molar-refractivity contribution in [1.29, 1.82) is 0 Å². The van der Waals surface area contributed by atoms with Crippen molar-refractivity contribution < 1.29 is 28.9 Å². The summed E-state index contributed by atoms with van der Waals surface area (Å²) in [6.07, 6.45) is 5.23. The first-order valence-corrected chi connectivity index (χ1v) is 25.5. The summed E-state index contributed by atoms with van der Waals surface area (Å²) in [5, 5.41) is 2.01. The maximum Gasteiger partial charge on any atom is 3.00 e. The first-order chi connectivity index (χ1) is 38.5. The van der Waals surface area contributed by atoms with E-state index in [4.69, 9.17) is 13.8 Å². The molecule has 0 atom stereocenters. The van der Waals surface area contributed by atoms with Crippen LogP contribution >= 0.6 is 0 Å². The molecule has 14 aromatic rings. The monoisotopic (exact) mass is 1190 g/mol. The second kappa shape index (κ2) is 20.5. The van der Waals surface area contributed by atoms with Gasteiger partial charge >= 0.3 is 20.1 Å². The third-order valence-electron chi connectivity index (χ3n) is 14.5. The SMILES string of the molecule is O=c1oc2cccnc2c2[c-]cc(-c3ccccc3-c3cc(-c4ccccc4-c4c[c-]c(-c5cc(-c6ccc(-c7ccccc7)cc6)ccn5)cc4)cc(-c4ccccc4-c4c[c-]c5c(c4)c(=O)oc4cccnc45)c3)cc12.[Ir+3]. The van der Waals surface area contributed by atoms with Crippen LogP contribution < -0.4 is 11.3 Å². The smallest absolute Gasteiger partial charge is 0.438 e. The second-order valence-corrected chi connectivity index (χ2v) is 19.1. The predicted octanol–water partition coefficient (Wildman–Crippen LogP) is 16.8. The molecule has 0 saturated carbocycles. The van der Waals surface area contributed by atoms with Crippen molar-refractivity contribution in [3.63, 3.8) is 0 Å². The van der Waals surface area contributed by atoms with Gasteiger partial charge in [0.25, 0.3) is 11.3 Å². The first kappa shape index (κ1) is 48.6. The number of aromatic nitrogens is 3. The van der Waals surface area contributed by atoms with E-state index in [9.17, 15) is 9.59 Å². The summed E-state index contributed by atoms with van der Waals surface area (Å²) in [5.41, 5.74) is 18.6. The van der Waals surface area contributed by atoms with E-state index >= 15 is 0 Å². The molecule has 0 bridgehead atoms. The minimum Gasteiger partial charge on any atom is -0.438 e. The van der Waals surface area contributed by atoms with E-state index in [0.29, 0.717) is 43.7 Å². The van der Waals surface area contributed by atoms with Gasteiger partial charge in [-0.2, -0.15) is 0 Å². The molecule has 0 saturated heterocycles. The summed E-state index contributed by atoms with van der Waals surface area (Å²) in [6.45, 7) is 0. The fraction of sp³-hybridized carbons (Fsp3) is 0. The fourth-order valence-corrected chi connectivity index (χ4v) is 10.7. The van der Waals surface area contributed by atoms with Crippen molar-refractivity contribution in [3.05, 3.63) is 282 Å². The van der Waals surface area contributed by atoms with Gasteiger partial charge in [-0.25, -0.2) is 0 Å². The number of pyridine rings is 3. The van der Waals surface area contributed by atoms with Crippen molar-refractivity contribution in [2.75, 3.05) is 0 Å². The number of fused-ring (bicyclic) bond motifs is 6. The third-order valence-corrected chi connectivity index (χ3v) is 14.5. The molecule has 0 spiro atoms. The van der Waals surface area contributed by atoms with Crippen molar-refractivity contribution in [2.45, 2.75) is 0 Å². The fourth-order valence-electron chi connectivity index (χ4n) is 10.7. The average molecular weight is 1190 g/mol. The Bertz CT molecular complexity index is 4590. The van der Waals surface area contributed by atoms with Gasteiger partial charge in [0.2, 0.25) is 0 Å². The van der Waals surface area contributed by atoms with Crippen LogP contribution in [-0.2, 0) is 20.1 Å². The summed E-state index contributed by atoms with van der Waals surface area (Å²) in [5.74, 6) is 0. The van der Waals surface area contributed by atoms with Crippen LogP contribution in [0.25, 0.3) is 144 Å². The maximum absolute atomic E-state index is 13.5. The molecule has 372 valence electrons. The standard InChI is InChI=1S/C71H40N3O4.Ir/c75-70-63-41-50(30-32-61(63)68-66(77-70)20-10-35-73-68)56-15-5-8-18-59(56)53-38-52(39-54(40-53)60-19-9-6-16-57(60)51-31-33-62-64(42-51)71(76)78-67-21-11-36-74-69(62)67)58-17-7-4-14-55(58)47-26-28-48(29-27-47)65-43-49(34-37-72-65)46-24-22-45(23-25-46)44-12-2-1-3-13-44;/h1-28,30-31,34-43H;/q-3;+3. The Morgan fingerprint density at radius 2 is 0.734 bits per heavy atom. The van der Waals surface area contributed by atoms with Gasteiger partial charge in [-0.15, -0.1) is 77.0 Å². The maximum atomic E-state index is 13.5. The number of hydrogen-bond donors (Lipinski definition) is 0. The van der Waals surface area contributed by atoms with Gasteiger partial charge in [-0.1, -0.05) is 167 Å². The van der Waals surface area contributed by atoms with E-state index in [0.717, 1.165) is 89.1 Å². The van der Waals surface area contributed by atoms with Gasteiger partial charge in [0.1, 0.15) is 11.2 Å². The zero-order chi connectivity index (χ0) is 52.1. The second-order valence-electron chi connectivity index (χ2n) is 19.1. The van der Waals surface area contributed by atoms with Crippen LogP contribution in [0, 0.1) is 18.2 Å². The molecule has 0 fully saturated rings. The summed E-state index contributed by atoms with van der Waals surface area (Å²) >= 11 is 0. The molecule has 5 aromatic heterocycles. The quantitative estimate of drug-likeness (QED) is 0.105. The normalized spacial score (nSPS) is 11.3. The first-order valence-electron chi connectivity index (χ1n) is 25.5. The molecule has 0 aliphatic heterocycles. The largest absolute Gasteiger partial charge is 3.00 e. The molecule has 7 nitrogen and oxygen atoms in total. The summed E-state index contributed by atoms with van der Waals surface area (Å²) < 4.78 is 11.5. The number of rotatable bonds is 9. The number of nitrogens with zero attached hydrogens (tertiary/aromatic N) is 3. The van der Waals surface area contributed by atoms with Crippen LogP contribution in [0.4, 0.5) is 0 Å². The van der Waals surface area contributed by atoms with Gasteiger partial charge in [0.15, 0.2) is 0 Å². The van der Waals surface area contributed by atoms with E-state index in [1.54, 1.807) is 36.7 Å². The number of hydrogen-bond acceptors (Lipinski definition) is 7. The van der Waals surface area contributed by atoms with E-state index in [-0.39, 0.29) is 20.1 Å². The Hall–Kier alpha value is -9.98. The van der Waals surface area contributed by atoms with Crippen molar-refractivity contribution >= 4 is 43.7 Å². The summed E-state index contributed by atoms with van der Waals surface area (Å²) in [7, 11) is 0. The third kappa shape index (κ3) is 9.05. The molecule has 0 radical (unpaired) electrons. The van der Waals surface area contributed by atoms with E-state index < -0.39 is 11.3 Å². The van der Waals surface area contributed by atoms with E-state index in [1.807, 2.05) is 72.9 Å². The zero-order valence-electron chi connectivity index (χ0n) is 41.9. The Morgan fingerprint density at radius 1 is 0.316 bits per heavy atom. The molecular formula is C71H40IrN3O4. The van der Waals surface area contributed by atoms with Crippen LogP contribution in [0.15, 0.2) is 261 Å². The van der Waals surface area contributed by atoms with Gasteiger partial charge in [0, 0.05) is 29.6 Å². The molecule has 0 unspecified atom stereocenters. The van der Waals surface area contributed by atoms with Gasteiger partial charge < -0.3 is 23.8 Å². The predicted molar refractivity (Wildman–Crippen MR) is 312 cm³/mol.